The summed E-state index contributed by atoms with van der Waals surface area (Å²) in [5.74, 6) is -0.810. The van der Waals surface area contributed by atoms with E-state index in [4.69, 9.17) is 10.5 Å². The maximum atomic E-state index is 12.9. The molecule has 3 N–H and O–H groups in total. The van der Waals surface area contributed by atoms with Crippen LogP contribution in [0.1, 0.15) is 44.7 Å². The average Bonchev–Trinajstić information content (AvgIpc) is 3.22. The van der Waals surface area contributed by atoms with Gasteiger partial charge < -0.3 is 10.5 Å². The number of likely N-dealkylation sites (tertiary alicyclic amines) is 1. The molecule has 1 aliphatic rings. The molecule has 1 aromatic carbocycles. The number of aromatic nitrogens is 2. The van der Waals surface area contributed by atoms with Gasteiger partial charge in [-0.05, 0) is 57.8 Å². The highest BCUT2D eigenvalue weighted by atomic mass is 16.6. The lowest BCUT2D eigenvalue weighted by molar-refractivity contribution is -0.383. The molecule has 2 aromatic rings. The number of nitrogens with two attached hydrogens (primary N) is 1. The van der Waals surface area contributed by atoms with Crippen LogP contribution in [-0.4, -0.2) is 56.6 Å². The van der Waals surface area contributed by atoms with E-state index in [9.17, 15) is 19.7 Å². The van der Waals surface area contributed by atoms with Gasteiger partial charge in [0.1, 0.15) is 5.60 Å². The molecule has 0 bridgehead atoms. The Labute approximate surface area is 197 Å². The standard InChI is InChI=1S/C22H31N7O5/c1-22(2,3)34-21(31)26(4)28(19-17(29(32)33)18(23)24-20(30)25-19)14-16-9-7-8-15(12-16)13-27-10-5-6-11-27/h7-9,12H,5-6,10-11,13-14H2,1-4H3,(H3,23,24,25,30). The number of nitrogens with zero attached hydrogens (tertiary/aromatic N) is 5. The van der Waals surface area contributed by atoms with Crippen LogP contribution in [0.5, 0.6) is 0 Å². The molecule has 0 atom stereocenters. The number of aromatic amines is 1. The number of rotatable bonds is 7. The van der Waals surface area contributed by atoms with Crippen LogP contribution in [0.15, 0.2) is 29.1 Å². The van der Waals surface area contributed by atoms with Crippen LogP contribution in [0.4, 0.5) is 22.1 Å². The van der Waals surface area contributed by atoms with Crippen molar-refractivity contribution >= 4 is 23.4 Å². The van der Waals surface area contributed by atoms with E-state index >= 15 is 0 Å². The molecule has 3 rings (SSSR count). The third kappa shape index (κ3) is 6.22. The largest absolute Gasteiger partial charge is 0.442 e. The second-order valence-electron chi connectivity index (χ2n) is 9.25. The van der Waals surface area contributed by atoms with Crippen molar-refractivity contribution in [1.82, 2.24) is 19.9 Å². The van der Waals surface area contributed by atoms with Crippen molar-refractivity contribution in [3.8, 4) is 0 Å². The summed E-state index contributed by atoms with van der Waals surface area (Å²) in [6, 6.07) is 7.71. The molecule has 1 aromatic heterocycles. The fourth-order valence-electron chi connectivity index (χ4n) is 3.78. The SMILES string of the molecule is CN(C(=O)OC(C)(C)C)N(Cc1cccc(CN2CCCC2)c1)c1nc(=O)[nH]c(N)c1[N+](=O)[O-]. The van der Waals surface area contributed by atoms with Gasteiger partial charge in [-0.15, -0.1) is 0 Å². The lowest BCUT2D eigenvalue weighted by atomic mass is 10.1. The van der Waals surface area contributed by atoms with Crippen molar-refractivity contribution in [2.24, 2.45) is 0 Å². The first-order valence-electron chi connectivity index (χ1n) is 11.0. The molecule has 1 saturated heterocycles. The summed E-state index contributed by atoms with van der Waals surface area (Å²) in [6.07, 6.45) is 1.58. The van der Waals surface area contributed by atoms with E-state index in [-0.39, 0.29) is 12.4 Å². The number of carbonyl (C=O) groups is 1. The number of nitrogens with one attached hydrogen (secondary N) is 1. The van der Waals surface area contributed by atoms with Crippen molar-refractivity contribution in [2.45, 2.75) is 52.3 Å². The van der Waals surface area contributed by atoms with E-state index in [1.165, 1.54) is 24.9 Å². The Bertz CT molecular complexity index is 1110. The number of ether oxygens (including phenoxy) is 1. The van der Waals surface area contributed by atoms with Crippen LogP contribution in [0.25, 0.3) is 0 Å². The molecule has 0 unspecified atom stereocenters. The van der Waals surface area contributed by atoms with Gasteiger partial charge >= 0.3 is 17.5 Å². The predicted octanol–water partition coefficient (Wildman–Crippen LogP) is 2.64. The highest BCUT2D eigenvalue weighted by Crippen LogP contribution is 2.31. The topological polar surface area (TPSA) is 151 Å². The molecule has 1 amide bonds. The van der Waals surface area contributed by atoms with E-state index in [0.29, 0.717) is 0 Å². The molecule has 0 saturated carbocycles. The Hall–Kier alpha value is -3.67. The highest BCUT2D eigenvalue weighted by molar-refractivity contribution is 5.74. The van der Waals surface area contributed by atoms with Gasteiger partial charge in [0, 0.05) is 13.6 Å². The minimum atomic E-state index is -0.872. The molecule has 184 valence electrons. The lowest BCUT2D eigenvalue weighted by Gasteiger charge is -2.33. The van der Waals surface area contributed by atoms with Gasteiger partial charge in [0.05, 0.1) is 11.5 Å². The molecule has 12 nitrogen and oxygen atoms in total. The first-order chi connectivity index (χ1) is 15.9. The maximum absolute atomic E-state index is 12.9. The number of nitrogen functional groups attached to an aromatic ring is 1. The summed E-state index contributed by atoms with van der Waals surface area (Å²) in [5, 5.41) is 14.1. The maximum Gasteiger partial charge on any atom is 0.429 e. The fourth-order valence-corrected chi connectivity index (χ4v) is 3.78. The Morgan fingerprint density at radius 2 is 1.94 bits per heavy atom. The van der Waals surface area contributed by atoms with Crippen LogP contribution in [-0.2, 0) is 17.8 Å². The minimum absolute atomic E-state index is 0.0142. The molecule has 0 radical (unpaired) electrons. The number of carbonyl (C=O) groups excluding carboxylic acids is 1. The summed E-state index contributed by atoms with van der Waals surface area (Å²) in [5.41, 5.74) is 5.30. The molecular weight excluding hydrogens is 442 g/mol. The molecule has 1 fully saturated rings. The third-order valence-corrected chi connectivity index (χ3v) is 5.29. The third-order valence-electron chi connectivity index (χ3n) is 5.29. The van der Waals surface area contributed by atoms with E-state index in [2.05, 4.69) is 14.9 Å². The van der Waals surface area contributed by atoms with Crippen LogP contribution in [0.2, 0.25) is 0 Å². The zero-order valence-electron chi connectivity index (χ0n) is 19.9. The van der Waals surface area contributed by atoms with Gasteiger partial charge in [0.25, 0.3) is 0 Å². The molecule has 12 heteroatoms. The van der Waals surface area contributed by atoms with Crippen LogP contribution in [0, 0.1) is 10.1 Å². The first-order valence-corrected chi connectivity index (χ1v) is 11.0. The number of hydrogen-bond acceptors (Lipinski definition) is 9. The van der Waals surface area contributed by atoms with Crippen LogP contribution in [0.3, 0.4) is 0 Å². The highest BCUT2D eigenvalue weighted by Gasteiger charge is 2.32. The van der Waals surface area contributed by atoms with Gasteiger partial charge in [-0.2, -0.15) is 4.98 Å². The summed E-state index contributed by atoms with van der Waals surface area (Å²) >= 11 is 0. The zero-order chi connectivity index (χ0) is 25.0. The molecule has 34 heavy (non-hydrogen) atoms. The summed E-state index contributed by atoms with van der Waals surface area (Å²) < 4.78 is 5.44. The van der Waals surface area contributed by atoms with E-state index in [0.717, 1.165) is 35.8 Å². The minimum Gasteiger partial charge on any atom is -0.442 e. The van der Waals surface area contributed by atoms with Gasteiger partial charge in [-0.3, -0.25) is 25.0 Å². The van der Waals surface area contributed by atoms with E-state index in [1.807, 2.05) is 24.3 Å². The Morgan fingerprint density at radius 1 is 1.29 bits per heavy atom. The normalized spacial score (nSPS) is 14.1. The molecule has 0 aliphatic carbocycles. The summed E-state index contributed by atoms with van der Waals surface area (Å²) in [7, 11) is 1.39. The van der Waals surface area contributed by atoms with Crippen LogP contribution < -0.4 is 16.4 Å². The van der Waals surface area contributed by atoms with E-state index in [1.54, 1.807) is 20.8 Å². The van der Waals surface area contributed by atoms with Gasteiger partial charge in [-0.1, -0.05) is 24.3 Å². The van der Waals surface area contributed by atoms with Gasteiger partial charge in [-0.25, -0.2) is 14.6 Å². The van der Waals surface area contributed by atoms with Gasteiger partial charge in [0.2, 0.25) is 5.82 Å². The quantitative estimate of drug-likeness (QED) is 0.457. The second kappa shape index (κ2) is 10.1. The van der Waals surface area contributed by atoms with E-state index < -0.39 is 33.8 Å². The number of anilines is 2. The molecule has 1 aliphatic heterocycles. The first kappa shape index (κ1) is 25.0. The molecule has 2 heterocycles. The monoisotopic (exact) mass is 473 g/mol. The van der Waals surface area contributed by atoms with Crippen molar-refractivity contribution in [3.05, 3.63) is 56.0 Å². The Morgan fingerprint density at radius 3 is 2.56 bits per heavy atom. The zero-order valence-corrected chi connectivity index (χ0v) is 19.9. The number of benzene rings is 1. The summed E-state index contributed by atoms with van der Waals surface area (Å²) in [4.78, 5) is 44.2. The fraction of sp³-hybridized carbons (Fsp3) is 0.500. The lowest BCUT2D eigenvalue weighted by Crippen LogP contribution is -2.47. The second-order valence-corrected chi connectivity index (χ2v) is 9.25. The average molecular weight is 474 g/mol. The Balaban J connectivity index is 2.00. The van der Waals surface area contributed by atoms with Crippen molar-refractivity contribution in [3.63, 3.8) is 0 Å². The van der Waals surface area contributed by atoms with Crippen molar-refractivity contribution in [1.29, 1.82) is 0 Å². The van der Waals surface area contributed by atoms with Crippen molar-refractivity contribution < 1.29 is 14.5 Å². The number of hydrazine groups is 1. The Kier molecular flexibility index (Phi) is 7.40. The van der Waals surface area contributed by atoms with Crippen molar-refractivity contribution in [2.75, 3.05) is 30.9 Å². The number of H-pyrrole nitrogens is 1. The number of amides is 1. The van der Waals surface area contributed by atoms with Gasteiger partial charge in [0.15, 0.2) is 5.82 Å². The molecule has 0 spiro atoms. The molecular formula is C22H31N7O5. The van der Waals surface area contributed by atoms with Crippen LogP contribution >= 0.6 is 0 Å². The summed E-state index contributed by atoms with van der Waals surface area (Å²) in [6.45, 7) is 8.00. The predicted molar refractivity (Wildman–Crippen MR) is 127 cm³/mol. The smallest absolute Gasteiger partial charge is 0.429 e. The number of nitro groups is 1. The number of hydrogen-bond donors (Lipinski definition) is 2.